The maximum atomic E-state index is 11.6. The number of hydrogen-bond acceptors (Lipinski definition) is 3. The van der Waals surface area contributed by atoms with E-state index in [0.717, 1.165) is 37.0 Å². The second-order valence-electron chi connectivity index (χ2n) is 11.0. The van der Waals surface area contributed by atoms with E-state index in [9.17, 15) is 9.90 Å². The molecule has 4 aliphatic rings. The van der Waals surface area contributed by atoms with E-state index in [2.05, 4.69) is 26.8 Å². The summed E-state index contributed by atoms with van der Waals surface area (Å²) in [7, 11) is 1.49. The minimum Gasteiger partial charge on any atom is -0.469 e. The van der Waals surface area contributed by atoms with Gasteiger partial charge in [-0.3, -0.25) is 4.79 Å². The first-order chi connectivity index (χ1) is 13.3. The number of hydrogen-bond donors (Lipinski definition) is 1. The van der Waals surface area contributed by atoms with Gasteiger partial charge in [0.2, 0.25) is 0 Å². The lowest BCUT2D eigenvalue weighted by Gasteiger charge is -2.59. The summed E-state index contributed by atoms with van der Waals surface area (Å²) < 4.78 is 4.86. The summed E-state index contributed by atoms with van der Waals surface area (Å²) in [6.07, 6.45) is 13.7. The van der Waals surface area contributed by atoms with Crippen molar-refractivity contribution in [3.05, 3.63) is 11.6 Å². The number of allylic oxidation sites excluding steroid dienone is 2. The van der Waals surface area contributed by atoms with Crippen LogP contribution in [0.25, 0.3) is 0 Å². The van der Waals surface area contributed by atoms with Crippen LogP contribution in [0.4, 0.5) is 0 Å². The van der Waals surface area contributed by atoms with Crippen molar-refractivity contribution in [2.75, 3.05) is 7.11 Å². The Bertz CT molecular complexity index is 640. The zero-order chi connectivity index (χ0) is 20.1. The van der Waals surface area contributed by atoms with E-state index in [1.807, 2.05) is 0 Å². The fourth-order valence-corrected chi connectivity index (χ4v) is 8.11. The van der Waals surface area contributed by atoms with Crippen LogP contribution in [0.3, 0.4) is 0 Å². The summed E-state index contributed by atoms with van der Waals surface area (Å²) >= 11 is 0. The van der Waals surface area contributed by atoms with E-state index < -0.39 is 0 Å². The van der Waals surface area contributed by atoms with Gasteiger partial charge in [0.05, 0.1) is 13.2 Å². The second-order valence-corrected chi connectivity index (χ2v) is 11.0. The molecule has 0 aliphatic heterocycles. The minimum absolute atomic E-state index is 0.0609. The molecule has 3 heteroatoms. The largest absolute Gasteiger partial charge is 0.469 e. The number of rotatable bonds is 4. The zero-order valence-corrected chi connectivity index (χ0v) is 18.4. The number of ether oxygens (including phenoxy) is 1. The fraction of sp³-hybridized carbons (Fsp3) is 0.880. The van der Waals surface area contributed by atoms with Crippen LogP contribution in [0.15, 0.2) is 11.6 Å². The number of carbonyl (C=O) groups is 1. The highest BCUT2D eigenvalue weighted by Gasteiger charge is 2.57. The first-order valence-electron chi connectivity index (χ1n) is 11.7. The van der Waals surface area contributed by atoms with Crippen LogP contribution in [0.5, 0.6) is 0 Å². The summed E-state index contributed by atoms with van der Waals surface area (Å²) in [6.45, 7) is 7.43. The van der Waals surface area contributed by atoms with Gasteiger partial charge in [-0.05, 0) is 98.2 Å². The molecular formula is C25H40O3. The zero-order valence-electron chi connectivity index (χ0n) is 18.4. The molecule has 0 spiro atoms. The van der Waals surface area contributed by atoms with Crippen molar-refractivity contribution < 1.29 is 14.6 Å². The standard InChI is InChI=1S/C25H40O3/c1-16(5-10-23(27)28-4)20-8-9-21-19-7-6-17-15-18(26)11-13-24(17,2)22(19)12-14-25(20,21)3/h9,16-20,22,26H,5-8,10-15H2,1-4H3/t16-,17-,18-,19+,20-,22+,24+,25-/m1/s1. The highest BCUT2D eigenvalue weighted by Crippen LogP contribution is 2.66. The van der Waals surface area contributed by atoms with E-state index in [-0.39, 0.29) is 12.1 Å². The average molecular weight is 389 g/mol. The molecule has 0 aromatic carbocycles. The first-order valence-corrected chi connectivity index (χ1v) is 11.7. The van der Waals surface area contributed by atoms with Gasteiger partial charge < -0.3 is 9.84 Å². The van der Waals surface area contributed by atoms with E-state index in [1.165, 1.54) is 45.6 Å². The Morgan fingerprint density at radius 3 is 2.79 bits per heavy atom. The first kappa shape index (κ1) is 20.4. The molecule has 3 saturated carbocycles. The van der Waals surface area contributed by atoms with Crippen molar-refractivity contribution in [1.29, 1.82) is 0 Å². The summed E-state index contributed by atoms with van der Waals surface area (Å²) in [5, 5.41) is 10.2. The quantitative estimate of drug-likeness (QED) is 0.510. The molecule has 28 heavy (non-hydrogen) atoms. The van der Waals surface area contributed by atoms with E-state index in [1.54, 1.807) is 5.57 Å². The monoisotopic (exact) mass is 388 g/mol. The topological polar surface area (TPSA) is 46.5 Å². The predicted molar refractivity (Wildman–Crippen MR) is 112 cm³/mol. The third-order valence-corrected chi connectivity index (χ3v) is 9.83. The Kier molecular flexibility index (Phi) is 5.44. The van der Waals surface area contributed by atoms with Crippen molar-refractivity contribution in [2.24, 2.45) is 40.4 Å². The third-order valence-electron chi connectivity index (χ3n) is 9.83. The van der Waals surface area contributed by atoms with Crippen LogP contribution in [0.1, 0.15) is 85.0 Å². The molecule has 1 N–H and O–H groups in total. The van der Waals surface area contributed by atoms with Crippen molar-refractivity contribution in [3.63, 3.8) is 0 Å². The third kappa shape index (κ3) is 3.16. The van der Waals surface area contributed by atoms with Gasteiger partial charge in [0.25, 0.3) is 0 Å². The van der Waals surface area contributed by atoms with Crippen LogP contribution in [0.2, 0.25) is 0 Å². The van der Waals surface area contributed by atoms with Gasteiger partial charge >= 0.3 is 5.97 Å². The molecule has 158 valence electrons. The number of fused-ring (bicyclic) bond motifs is 5. The van der Waals surface area contributed by atoms with Gasteiger partial charge in [-0.2, -0.15) is 0 Å². The fourth-order valence-electron chi connectivity index (χ4n) is 8.11. The Labute approximate surface area is 171 Å². The molecule has 0 amide bonds. The molecule has 0 aromatic rings. The van der Waals surface area contributed by atoms with Gasteiger partial charge in [-0.25, -0.2) is 0 Å². The summed E-state index contributed by atoms with van der Waals surface area (Å²) in [6, 6.07) is 0. The van der Waals surface area contributed by atoms with Crippen LogP contribution >= 0.6 is 0 Å². The Morgan fingerprint density at radius 1 is 1.25 bits per heavy atom. The molecule has 3 nitrogen and oxygen atoms in total. The van der Waals surface area contributed by atoms with Crippen molar-refractivity contribution in [1.82, 2.24) is 0 Å². The predicted octanol–water partition coefficient (Wildman–Crippen LogP) is 5.52. The van der Waals surface area contributed by atoms with Crippen molar-refractivity contribution >= 4 is 5.97 Å². The van der Waals surface area contributed by atoms with Gasteiger partial charge in [0.1, 0.15) is 0 Å². The highest BCUT2D eigenvalue weighted by atomic mass is 16.5. The number of aliphatic hydroxyl groups excluding tert-OH is 1. The van der Waals surface area contributed by atoms with Gasteiger partial charge in [0, 0.05) is 6.42 Å². The number of methoxy groups -OCH3 is 1. The van der Waals surface area contributed by atoms with Gasteiger partial charge in [-0.1, -0.05) is 32.4 Å². The SMILES string of the molecule is COC(=O)CC[C@@H](C)[C@H]1CC=C2[C@@H]3CC[C@@H]4C[C@H](O)CC[C@]4(C)[C@H]3CC[C@@]21C. The minimum atomic E-state index is -0.0716. The number of aliphatic hydroxyl groups is 1. The normalized spacial score (nSPS) is 46.0. The van der Waals surface area contributed by atoms with Gasteiger partial charge in [-0.15, -0.1) is 0 Å². The smallest absolute Gasteiger partial charge is 0.305 e. The summed E-state index contributed by atoms with van der Waals surface area (Å²) in [5.74, 6) is 3.45. The molecule has 0 heterocycles. The average Bonchev–Trinajstić information content (AvgIpc) is 3.03. The molecule has 0 unspecified atom stereocenters. The second kappa shape index (κ2) is 7.45. The van der Waals surface area contributed by atoms with Gasteiger partial charge in [0.15, 0.2) is 0 Å². The van der Waals surface area contributed by atoms with Crippen molar-refractivity contribution in [2.45, 2.75) is 91.1 Å². The lowest BCUT2D eigenvalue weighted by atomic mass is 9.45. The molecule has 3 fully saturated rings. The summed E-state index contributed by atoms with van der Waals surface area (Å²) in [4.78, 5) is 11.6. The molecule has 0 radical (unpaired) electrons. The van der Waals surface area contributed by atoms with Crippen molar-refractivity contribution in [3.8, 4) is 0 Å². The maximum Gasteiger partial charge on any atom is 0.305 e. The number of carbonyl (C=O) groups excluding carboxylic acids is 1. The lowest BCUT2D eigenvalue weighted by molar-refractivity contribution is -0.141. The molecule has 4 aliphatic carbocycles. The van der Waals surface area contributed by atoms with E-state index in [4.69, 9.17) is 4.74 Å². The molecule has 0 aromatic heterocycles. The Hall–Kier alpha value is -0.830. The van der Waals surface area contributed by atoms with E-state index >= 15 is 0 Å². The maximum absolute atomic E-state index is 11.6. The molecule has 0 bridgehead atoms. The molecule has 8 atom stereocenters. The van der Waals surface area contributed by atoms with Crippen LogP contribution in [-0.2, 0) is 9.53 Å². The Balaban J connectivity index is 1.50. The van der Waals surface area contributed by atoms with E-state index in [0.29, 0.717) is 29.1 Å². The molecule has 4 rings (SSSR count). The van der Waals surface area contributed by atoms with Crippen LogP contribution in [-0.4, -0.2) is 24.3 Å². The van der Waals surface area contributed by atoms with Crippen LogP contribution in [0, 0.1) is 40.4 Å². The highest BCUT2D eigenvalue weighted by molar-refractivity contribution is 5.69. The molecule has 0 saturated heterocycles. The summed E-state index contributed by atoms with van der Waals surface area (Å²) in [5.41, 5.74) is 2.52. The lowest BCUT2D eigenvalue weighted by Crippen LogP contribution is -2.52. The number of esters is 1. The Morgan fingerprint density at radius 2 is 2.04 bits per heavy atom. The molecular weight excluding hydrogens is 348 g/mol. The van der Waals surface area contributed by atoms with Crippen LogP contribution < -0.4 is 0 Å².